The first-order valence-electron chi connectivity index (χ1n) is 14.9. The lowest BCUT2D eigenvalue weighted by atomic mass is 10.2. The summed E-state index contributed by atoms with van der Waals surface area (Å²) < 4.78 is 23.4. The lowest BCUT2D eigenvalue weighted by molar-refractivity contribution is 0.318. The molecule has 240 valence electrons. The highest BCUT2D eigenvalue weighted by Crippen LogP contribution is 2.44. The van der Waals surface area contributed by atoms with Crippen molar-refractivity contribution in [3.8, 4) is 46.0 Å². The molecule has 7 rings (SSSR count). The summed E-state index contributed by atoms with van der Waals surface area (Å²) in [7, 11) is 0. The summed E-state index contributed by atoms with van der Waals surface area (Å²) in [6, 6.07) is 20.6. The molecule has 0 saturated carbocycles. The highest BCUT2D eigenvalue weighted by Gasteiger charge is 2.27. The zero-order valence-corrected chi connectivity index (χ0v) is 27.1. The third kappa shape index (κ3) is 5.99. The number of phenols is 2. The average Bonchev–Trinajstić information content (AvgIpc) is 3.10. The molecule has 2 N–H and O–H groups in total. The summed E-state index contributed by atoms with van der Waals surface area (Å²) in [5, 5.41) is 21.0. The Balaban J connectivity index is 1.17. The molecule has 5 aromatic rings. The van der Waals surface area contributed by atoms with Gasteiger partial charge in [0.25, 0.3) is 0 Å². The molecular weight excluding hydrogens is 655 g/mol. The van der Waals surface area contributed by atoms with E-state index in [1.807, 2.05) is 13.8 Å². The van der Waals surface area contributed by atoms with Crippen LogP contribution in [0.2, 0.25) is 10.0 Å². The summed E-state index contributed by atoms with van der Waals surface area (Å²) in [5.74, 6) is 2.29. The monoisotopic (exact) mass is 680 g/mol. The number of hydrogen-bond donors (Lipinski definition) is 2. The molecule has 0 fully saturated rings. The van der Waals surface area contributed by atoms with Crippen molar-refractivity contribution in [1.29, 1.82) is 0 Å². The second-order valence-corrected chi connectivity index (χ2v) is 11.3. The van der Waals surface area contributed by atoms with Gasteiger partial charge >= 0.3 is 0 Å². The van der Waals surface area contributed by atoms with Crippen LogP contribution in [0.4, 0.5) is 22.7 Å². The Morgan fingerprint density at radius 2 is 1.08 bits per heavy atom. The van der Waals surface area contributed by atoms with E-state index >= 15 is 0 Å². The smallest absolute Gasteiger partial charge is 0.175 e. The van der Waals surface area contributed by atoms with Gasteiger partial charge in [-0.1, -0.05) is 23.2 Å². The van der Waals surface area contributed by atoms with E-state index in [0.29, 0.717) is 69.7 Å². The molecule has 0 atom stereocenters. The van der Waals surface area contributed by atoms with Crippen LogP contribution >= 0.6 is 23.2 Å². The fourth-order valence-electron chi connectivity index (χ4n) is 5.05. The topological polar surface area (TPSA) is 127 Å². The molecule has 2 aliphatic heterocycles. The van der Waals surface area contributed by atoms with Crippen molar-refractivity contribution in [2.75, 3.05) is 13.2 Å². The molecule has 0 bridgehead atoms. The molecule has 12 heteroatoms. The first-order valence-corrected chi connectivity index (χ1v) is 15.7. The lowest BCUT2D eigenvalue weighted by Crippen LogP contribution is -2.22. The van der Waals surface area contributed by atoms with E-state index < -0.39 is 0 Å². The maximum absolute atomic E-state index is 9.98. The largest absolute Gasteiger partial charge is 0.504 e. The Kier molecular flexibility index (Phi) is 8.34. The second kappa shape index (κ2) is 12.9. The zero-order valence-electron chi connectivity index (χ0n) is 25.6. The molecule has 5 aromatic carbocycles. The van der Waals surface area contributed by atoms with E-state index in [-0.39, 0.29) is 33.0 Å². The van der Waals surface area contributed by atoms with E-state index in [1.54, 1.807) is 85.2 Å². The SMILES string of the molecule is CCOc1cc(C=Nc2ccc3c(c2)Oc2c(Cl)c4c(c(Cl)c2=N3)Oc2cc(N=Cc3ccc(O)c(OCC)c3)ccc2N=4)ccc1O. The Bertz CT molecular complexity index is 2130. The van der Waals surface area contributed by atoms with Gasteiger partial charge in [-0.25, -0.2) is 9.98 Å². The molecule has 0 unspecified atom stereocenters. The molecular formula is C36H26Cl2N4O6. The number of rotatable bonds is 8. The van der Waals surface area contributed by atoms with Crippen LogP contribution in [0.1, 0.15) is 25.0 Å². The van der Waals surface area contributed by atoms with Crippen LogP contribution in [0, 0.1) is 0 Å². The Morgan fingerprint density at radius 3 is 1.50 bits per heavy atom. The Labute approximate surface area is 284 Å². The normalized spacial score (nSPS) is 12.6. The van der Waals surface area contributed by atoms with Gasteiger partial charge in [0.15, 0.2) is 46.0 Å². The van der Waals surface area contributed by atoms with Crippen molar-refractivity contribution in [2.45, 2.75) is 13.8 Å². The van der Waals surface area contributed by atoms with Gasteiger partial charge in [0.05, 0.1) is 24.6 Å². The molecule has 10 nitrogen and oxygen atoms in total. The standard InChI is InChI=1S/C36H26Cl2N4O6/c1-3-45-29-13-19(5-11-25(29)43)17-39-21-7-9-23-27(15-21)47-35-31(37)34-36(32(38)33(35)41-23)48-28-16-22(8-10-24(28)42-34)40-18-20-6-12-26(44)30(14-20)46-4-2/h5-18,43-44H,3-4H2,1-2H3. The molecule has 0 saturated heterocycles. The van der Waals surface area contributed by atoms with Crippen LogP contribution in [-0.4, -0.2) is 35.9 Å². The van der Waals surface area contributed by atoms with Crippen LogP contribution in [-0.2, 0) is 0 Å². The fraction of sp³-hybridized carbons (Fsp3) is 0.111. The predicted octanol–water partition coefficient (Wildman–Crippen LogP) is 8.82. The maximum atomic E-state index is 9.98. The number of fused-ring (bicyclic) bond motifs is 4. The van der Waals surface area contributed by atoms with E-state index in [9.17, 15) is 10.2 Å². The highest BCUT2D eigenvalue weighted by atomic mass is 35.5. The quantitative estimate of drug-likeness (QED) is 0.154. The van der Waals surface area contributed by atoms with Gasteiger partial charge in [0.2, 0.25) is 0 Å². The summed E-state index contributed by atoms with van der Waals surface area (Å²) in [6.45, 7) is 4.55. The zero-order chi connectivity index (χ0) is 33.4. The maximum Gasteiger partial charge on any atom is 0.175 e. The van der Waals surface area contributed by atoms with Gasteiger partial charge in [-0.3, -0.25) is 9.98 Å². The highest BCUT2D eigenvalue weighted by molar-refractivity contribution is 6.35. The lowest BCUT2D eigenvalue weighted by Gasteiger charge is -2.21. The van der Waals surface area contributed by atoms with E-state index in [2.05, 4.69) is 9.98 Å². The third-order valence-corrected chi connectivity index (χ3v) is 8.01. The molecule has 0 radical (unpaired) electrons. The number of nitrogens with zero attached hydrogens (tertiary/aromatic N) is 4. The summed E-state index contributed by atoms with van der Waals surface area (Å²) >= 11 is 13.7. The van der Waals surface area contributed by atoms with E-state index in [0.717, 1.165) is 11.1 Å². The molecule has 48 heavy (non-hydrogen) atoms. The Hall–Kier alpha value is -5.58. The number of phenolic OH excluding ortho intramolecular Hbond substituents is 2. The van der Waals surface area contributed by atoms with Gasteiger partial charge < -0.3 is 29.2 Å². The number of hydrogen-bond acceptors (Lipinski definition) is 10. The van der Waals surface area contributed by atoms with Gasteiger partial charge in [-0.15, -0.1) is 0 Å². The van der Waals surface area contributed by atoms with Crippen molar-refractivity contribution in [3.63, 3.8) is 0 Å². The van der Waals surface area contributed by atoms with Crippen molar-refractivity contribution in [3.05, 3.63) is 105 Å². The number of benzene rings is 5. The van der Waals surface area contributed by atoms with Crippen LogP contribution in [0.5, 0.6) is 46.0 Å². The second-order valence-electron chi connectivity index (χ2n) is 10.6. The molecule has 2 heterocycles. The summed E-state index contributed by atoms with van der Waals surface area (Å²) in [4.78, 5) is 18.6. The minimum atomic E-state index is 0.0627. The number of aromatic hydroxyl groups is 2. The third-order valence-electron chi connectivity index (χ3n) is 7.31. The van der Waals surface area contributed by atoms with Gasteiger partial charge in [0.1, 0.15) is 32.1 Å². The minimum absolute atomic E-state index is 0.0627. The molecule has 0 spiro atoms. The fourth-order valence-corrected chi connectivity index (χ4v) is 5.56. The van der Waals surface area contributed by atoms with Crippen molar-refractivity contribution >= 4 is 58.4 Å². The van der Waals surface area contributed by atoms with Gasteiger partial charge in [-0.2, -0.15) is 0 Å². The molecule has 0 aliphatic carbocycles. The van der Waals surface area contributed by atoms with E-state index in [1.165, 1.54) is 0 Å². The van der Waals surface area contributed by atoms with Crippen molar-refractivity contribution in [2.24, 2.45) is 20.0 Å². The molecule has 0 amide bonds. The molecule has 2 aliphatic rings. The number of aliphatic imine (C=N–C) groups is 2. The molecule has 0 aromatic heterocycles. The summed E-state index contributed by atoms with van der Waals surface area (Å²) in [5.41, 5.74) is 3.79. The van der Waals surface area contributed by atoms with Crippen molar-refractivity contribution in [1.82, 2.24) is 0 Å². The number of halogens is 2. The van der Waals surface area contributed by atoms with Crippen LogP contribution in [0.25, 0.3) is 0 Å². The van der Waals surface area contributed by atoms with Gasteiger partial charge in [-0.05, 0) is 85.6 Å². The van der Waals surface area contributed by atoms with Crippen LogP contribution < -0.4 is 29.7 Å². The first kappa shape index (κ1) is 31.0. The first-order chi connectivity index (χ1) is 23.3. The summed E-state index contributed by atoms with van der Waals surface area (Å²) in [6.07, 6.45) is 3.32. The van der Waals surface area contributed by atoms with Crippen LogP contribution in [0.15, 0.2) is 92.8 Å². The number of ether oxygens (including phenoxy) is 4. The van der Waals surface area contributed by atoms with E-state index in [4.69, 9.17) is 52.1 Å². The van der Waals surface area contributed by atoms with Crippen molar-refractivity contribution < 1.29 is 29.2 Å². The Morgan fingerprint density at radius 1 is 0.646 bits per heavy atom. The average molecular weight is 682 g/mol. The van der Waals surface area contributed by atoms with Crippen LogP contribution in [0.3, 0.4) is 0 Å². The predicted molar refractivity (Wildman–Crippen MR) is 184 cm³/mol. The van der Waals surface area contributed by atoms with Gasteiger partial charge in [0, 0.05) is 24.6 Å². The minimum Gasteiger partial charge on any atom is -0.504 e.